The quantitative estimate of drug-likeness (QED) is 0.572. The van der Waals surface area contributed by atoms with Crippen LogP contribution >= 0.6 is 0 Å². The predicted octanol–water partition coefficient (Wildman–Crippen LogP) is 4.14. The Hall–Kier alpha value is -2.49. The number of hydrogen-bond donors (Lipinski definition) is 2. The first-order valence-corrected chi connectivity index (χ1v) is 13.7. The Morgan fingerprint density at radius 1 is 1.19 bits per heavy atom. The lowest BCUT2D eigenvalue weighted by molar-refractivity contribution is 0.0397. The van der Waals surface area contributed by atoms with Crippen LogP contribution in [0.4, 0.5) is 9.18 Å². The van der Waals surface area contributed by atoms with Gasteiger partial charge in [-0.2, -0.15) is 4.31 Å². The molecule has 0 saturated carbocycles. The van der Waals surface area contributed by atoms with E-state index in [0.29, 0.717) is 12.0 Å². The monoisotopic (exact) mass is 520 g/mol. The fraction of sp³-hybridized carbons (Fsp3) is 0.519. The van der Waals surface area contributed by atoms with Crippen LogP contribution in [0, 0.1) is 17.7 Å². The molecule has 3 rings (SSSR count). The van der Waals surface area contributed by atoms with Crippen LogP contribution in [-0.4, -0.2) is 54.8 Å². The molecule has 0 bridgehead atoms. The minimum atomic E-state index is -4.00. The minimum Gasteiger partial charge on any atom is -0.444 e. The third-order valence-corrected chi connectivity index (χ3v) is 8.29. The Kier molecular flexibility index (Phi) is 8.80. The van der Waals surface area contributed by atoms with E-state index in [2.05, 4.69) is 5.32 Å². The Balaban J connectivity index is 1.90. The van der Waals surface area contributed by atoms with Gasteiger partial charge in [-0.05, 0) is 74.8 Å². The van der Waals surface area contributed by atoms with Gasteiger partial charge in [0.2, 0.25) is 10.0 Å². The first-order valence-electron chi connectivity index (χ1n) is 12.3. The highest BCUT2D eigenvalue weighted by molar-refractivity contribution is 7.89. The maximum atomic E-state index is 14.0. The zero-order valence-corrected chi connectivity index (χ0v) is 22.4. The molecule has 7 nitrogen and oxygen atoms in total. The van der Waals surface area contributed by atoms with Gasteiger partial charge in [0.05, 0.1) is 17.0 Å². The van der Waals surface area contributed by atoms with E-state index in [-0.39, 0.29) is 36.2 Å². The van der Waals surface area contributed by atoms with Crippen molar-refractivity contribution in [2.24, 2.45) is 11.8 Å². The molecule has 1 amide bonds. The lowest BCUT2D eigenvalue weighted by Gasteiger charge is -2.31. The first-order chi connectivity index (χ1) is 16.8. The number of rotatable bonds is 7. The van der Waals surface area contributed by atoms with Crippen molar-refractivity contribution >= 4 is 16.1 Å². The van der Waals surface area contributed by atoms with Crippen LogP contribution in [0.2, 0.25) is 0 Å². The Labute approximate surface area is 213 Å². The maximum absolute atomic E-state index is 14.0. The van der Waals surface area contributed by atoms with Gasteiger partial charge in [0, 0.05) is 13.1 Å². The average Bonchev–Trinajstić information content (AvgIpc) is 2.86. The number of aliphatic hydroxyl groups excluding tert-OH is 1. The fourth-order valence-electron chi connectivity index (χ4n) is 4.37. The van der Waals surface area contributed by atoms with Crippen molar-refractivity contribution in [2.45, 2.75) is 70.1 Å². The predicted molar refractivity (Wildman–Crippen MR) is 137 cm³/mol. The van der Waals surface area contributed by atoms with Crippen LogP contribution in [0.15, 0.2) is 53.4 Å². The van der Waals surface area contributed by atoms with Crippen molar-refractivity contribution in [2.75, 3.05) is 13.1 Å². The van der Waals surface area contributed by atoms with Crippen LogP contribution in [0.5, 0.6) is 0 Å². The van der Waals surface area contributed by atoms with Gasteiger partial charge in [-0.1, -0.05) is 44.2 Å². The summed E-state index contributed by atoms with van der Waals surface area (Å²) < 4.78 is 47.8. The number of benzene rings is 2. The summed E-state index contributed by atoms with van der Waals surface area (Å²) in [4.78, 5) is 12.6. The molecule has 198 valence electrons. The number of carbonyl (C=O) groups is 1. The van der Waals surface area contributed by atoms with Crippen molar-refractivity contribution in [1.82, 2.24) is 9.62 Å². The van der Waals surface area contributed by atoms with Crippen LogP contribution in [0.3, 0.4) is 0 Å². The second-order valence-electron chi connectivity index (χ2n) is 10.8. The van der Waals surface area contributed by atoms with Gasteiger partial charge in [-0.3, -0.25) is 0 Å². The molecule has 1 aliphatic heterocycles. The number of alkyl carbamates (subject to hydrolysis) is 1. The minimum absolute atomic E-state index is 0.0546. The molecule has 36 heavy (non-hydrogen) atoms. The van der Waals surface area contributed by atoms with Crippen LogP contribution in [-0.2, 0) is 27.6 Å². The summed E-state index contributed by atoms with van der Waals surface area (Å²) in [5, 5.41) is 14.0. The molecule has 2 aromatic carbocycles. The van der Waals surface area contributed by atoms with Crippen molar-refractivity contribution in [3.8, 4) is 0 Å². The van der Waals surface area contributed by atoms with E-state index >= 15 is 0 Å². The molecule has 2 N–H and O–H groups in total. The van der Waals surface area contributed by atoms with Gasteiger partial charge in [0.1, 0.15) is 11.4 Å². The summed E-state index contributed by atoms with van der Waals surface area (Å²) in [5.74, 6) is -0.417. The number of sulfonamides is 1. The van der Waals surface area contributed by atoms with Gasteiger partial charge in [0.25, 0.3) is 0 Å². The number of ether oxygens (including phenoxy) is 1. The molecular formula is C27H37FN2O5S. The molecule has 0 radical (unpaired) electrons. The summed E-state index contributed by atoms with van der Waals surface area (Å²) in [6.45, 7) is 9.17. The second-order valence-corrected chi connectivity index (χ2v) is 12.7. The standard InChI is InChI=1S/C27H37FN2O5S/c1-18(2)21-14-20-15-22(28)11-12-25(20)36(33,34)30(16-21)17-24(31)23(13-19-9-7-6-8-10-19)29-26(32)35-27(3,4)5/h6-12,15,18,21,23-24,31H,13-14,16-17H2,1-5H3,(H,29,32)/t21-,23-,24+/m0/s1. The highest BCUT2D eigenvalue weighted by Gasteiger charge is 2.37. The van der Waals surface area contributed by atoms with E-state index in [9.17, 15) is 22.7 Å². The summed E-state index contributed by atoms with van der Waals surface area (Å²) >= 11 is 0. The highest BCUT2D eigenvalue weighted by Crippen LogP contribution is 2.32. The molecule has 0 aromatic heterocycles. The zero-order chi connectivity index (χ0) is 26.7. The van der Waals surface area contributed by atoms with Gasteiger partial charge < -0.3 is 15.2 Å². The molecular weight excluding hydrogens is 483 g/mol. The normalized spacial score (nSPS) is 19.7. The number of hydrogen-bond acceptors (Lipinski definition) is 5. The molecule has 3 atom stereocenters. The molecule has 1 aliphatic rings. The third kappa shape index (κ3) is 7.27. The van der Waals surface area contributed by atoms with Crippen LogP contribution < -0.4 is 5.32 Å². The van der Waals surface area contributed by atoms with Crippen molar-refractivity contribution < 1.29 is 27.4 Å². The van der Waals surface area contributed by atoms with Crippen molar-refractivity contribution in [3.05, 3.63) is 65.5 Å². The van der Waals surface area contributed by atoms with E-state index < -0.39 is 39.7 Å². The smallest absolute Gasteiger partial charge is 0.407 e. The third-order valence-electron chi connectivity index (χ3n) is 6.36. The van der Waals surface area contributed by atoms with Crippen LogP contribution in [0.1, 0.15) is 45.7 Å². The van der Waals surface area contributed by atoms with E-state index in [1.807, 2.05) is 44.2 Å². The number of aliphatic hydroxyl groups is 1. The largest absolute Gasteiger partial charge is 0.444 e. The second kappa shape index (κ2) is 11.3. The lowest BCUT2D eigenvalue weighted by Crippen LogP contribution is -2.52. The number of amides is 1. The Bertz CT molecular complexity index is 1150. The number of halogens is 1. The van der Waals surface area contributed by atoms with E-state index in [1.54, 1.807) is 20.8 Å². The lowest BCUT2D eigenvalue weighted by atomic mass is 9.89. The van der Waals surface area contributed by atoms with Gasteiger partial charge >= 0.3 is 6.09 Å². The Morgan fingerprint density at radius 3 is 2.47 bits per heavy atom. The van der Waals surface area contributed by atoms with Gasteiger partial charge in [-0.25, -0.2) is 17.6 Å². The molecule has 9 heteroatoms. The van der Waals surface area contributed by atoms with Crippen molar-refractivity contribution in [3.63, 3.8) is 0 Å². The van der Waals surface area contributed by atoms with Crippen molar-refractivity contribution in [1.29, 1.82) is 0 Å². The summed E-state index contributed by atoms with van der Waals surface area (Å²) in [5.41, 5.74) is 0.583. The van der Waals surface area contributed by atoms with E-state index in [4.69, 9.17) is 4.74 Å². The van der Waals surface area contributed by atoms with E-state index in [0.717, 1.165) is 11.6 Å². The van der Waals surface area contributed by atoms with E-state index in [1.165, 1.54) is 16.4 Å². The number of β-amino-alcohol motifs (C(OH)–C–C–N with tert-alkyl or cyclic N) is 1. The highest BCUT2D eigenvalue weighted by atomic mass is 32.2. The summed E-state index contributed by atoms with van der Waals surface area (Å²) in [6.07, 6.45) is -1.21. The fourth-order valence-corrected chi connectivity index (χ4v) is 6.10. The molecule has 0 unspecified atom stereocenters. The first kappa shape index (κ1) is 28.1. The topological polar surface area (TPSA) is 95.9 Å². The number of nitrogens with one attached hydrogen (secondary N) is 1. The van der Waals surface area contributed by atoms with Crippen LogP contribution in [0.25, 0.3) is 0 Å². The number of nitrogens with zero attached hydrogens (tertiary/aromatic N) is 1. The SMILES string of the molecule is CC(C)[C@H]1Cc2cc(F)ccc2S(=O)(=O)N(C[C@@H](O)[C@H](Cc2ccccc2)NC(=O)OC(C)(C)C)C1. The molecule has 0 spiro atoms. The summed E-state index contributed by atoms with van der Waals surface area (Å²) in [7, 11) is -4.00. The summed E-state index contributed by atoms with van der Waals surface area (Å²) in [6, 6.07) is 12.2. The number of fused-ring (bicyclic) bond motifs is 1. The number of carbonyl (C=O) groups excluding carboxylic acids is 1. The van der Waals surface area contributed by atoms with Gasteiger partial charge in [0.15, 0.2) is 0 Å². The zero-order valence-electron chi connectivity index (χ0n) is 21.6. The molecule has 0 saturated heterocycles. The molecule has 0 aliphatic carbocycles. The van der Waals surface area contributed by atoms with Gasteiger partial charge in [-0.15, -0.1) is 0 Å². The average molecular weight is 521 g/mol. The molecule has 2 aromatic rings. The molecule has 1 heterocycles. The maximum Gasteiger partial charge on any atom is 0.407 e. The Morgan fingerprint density at radius 2 is 1.86 bits per heavy atom. The molecule has 0 fully saturated rings.